The van der Waals surface area contributed by atoms with E-state index in [2.05, 4.69) is 5.10 Å². The van der Waals surface area contributed by atoms with Gasteiger partial charge in [0.05, 0.1) is 24.5 Å². The van der Waals surface area contributed by atoms with E-state index in [4.69, 9.17) is 0 Å². The highest BCUT2D eigenvalue weighted by atomic mass is 32.2. The lowest BCUT2D eigenvalue weighted by atomic mass is 10.2. The standard InChI is InChI=1S/C16H19N3O3S/c20-13-15-11-16-12-18(8-4-9-19(16)17-15)23(21,22)10-7-14-5-2-1-3-6-14/h1-3,5-7,10-11,20H,4,8-9,12-13H2/b10-7+. The van der Waals surface area contributed by atoms with Gasteiger partial charge in [0, 0.05) is 18.5 Å². The first-order chi connectivity index (χ1) is 11.1. The molecular formula is C16H19N3O3S. The van der Waals surface area contributed by atoms with Crippen LogP contribution in [0.15, 0.2) is 41.8 Å². The van der Waals surface area contributed by atoms with E-state index >= 15 is 0 Å². The minimum absolute atomic E-state index is 0.138. The lowest BCUT2D eigenvalue weighted by Gasteiger charge is -2.17. The van der Waals surface area contributed by atoms with Crippen LogP contribution in [-0.4, -0.2) is 34.2 Å². The highest BCUT2D eigenvalue weighted by molar-refractivity contribution is 7.92. The minimum atomic E-state index is -3.50. The maximum Gasteiger partial charge on any atom is 0.236 e. The lowest BCUT2D eigenvalue weighted by molar-refractivity contribution is 0.275. The van der Waals surface area contributed by atoms with Gasteiger partial charge in [-0.15, -0.1) is 0 Å². The summed E-state index contributed by atoms with van der Waals surface area (Å²) >= 11 is 0. The predicted molar refractivity (Wildman–Crippen MR) is 87.6 cm³/mol. The molecule has 0 spiro atoms. The second-order valence-corrected chi connectivity index (χ2v) is 7.27. The topological polar surface area (TPSA) is 75.4 Å². The van der Waals surface area contributed by atoms with Gasteiger partial charge in [-0.3, -0.25) is 4.68 Å². The molecule has 122 valence electrons. The van der Waals surface area contributed by atoms with E-state index in [-0.39, 0.29) is 13.2 Å². The van der Waals surface area contributed by atoms with E-state index in [0.29, 0.717) is 25.2 Å². The van der Waals surface area contributed by atoms with E-state index in [1.807, 2.05) is 30.3 Å². The molecule has 6 nitrogen and oxygen atoms in total. The van der Waals surface area contributed by atoms with Gasteiger partial charge in [-0.05, 0) is 24.1 Å². The highest BCUT2D eigenvalue weighted by Gasteiger charge is 2.24. The van der Waals surface area contributed by atoms with Gasteiger partial charge in [0.25, 0.3) is 0 Å². The Morgan fingerprint density at radius 1 is 1.22 bits per heavy atom. The summed E-state index contributed by atoms with van der Waals surface area (Å²) < 4.78 is 28.3. The van der Waals surface area contributed by atoms with Crippen molar-refractivity contribution < 1.29 is 13.5 Å². The van der Waals surface area contributed by atoms with Crippen molar-refractivity contribution in [2.45, 2.75) is 26.1 Å². The number of hydrogen-bond acceptors (Lipinski definition) is 4. The van der Waals surface area contributed by atoms with Gasteiger partial charge in [0.1, 0.15) is 0 Å². The molecule has 0 unspecified atom stereocenters. The largest absolute Gasteiger partial charge is 0.390 e. The van der Waals surface area contributed by atoms with E-state index in [1.54, 1.807) is 16.8 Å². The van der Waals surface area contributed by atoms with Crippen molar-refractivity contribution >= 4 is 16.1 Å². The van der Waals surface area contributed by atoms with Gasteiger partial charge in [0.15, 0.2) is 0 Å². The molecule has 1 aromatic heterocycles. The van der Waals surface area contributed by atoms with Crippen molar-refractivity contribution in [3.8, 4) is 0 Å². The predicted octanol–water partition coefficient (Wildman–Crippen LogP) is 1.58. The summed E-state index contributed by atoms with van der Waals surface area (Å²) in [7, 11) is -3.50. The Balaban J connectivity index is 1.81. The number of aliphatic hydroxyl groups is 1. The second-order valence-electron chi connectivity index (χ2n) is 5.45. The van der Waals surface area contributed by atoms with Crippen molar-refractivity contribution in [1.29, 1.82) is 0 Å². The Kier molecular flexibility index (Phi) is 4.61. The minimum Gasteiger partial charge on any atom is -0.390 e. The first kappa shape index (κ1) is 15.9. The van der Waals surface area contributed by atoms with Crippen LogP contribution in [0.5, 0.6) is 0 Å². The highest BCUT2D eigenvalue weighted by Crippen LogP contribution is 2.18. The first-order valence-electron chi connectivity index (χ1n) is 7.48. The Bertz CT molecular complexity index is 797. The van der Waals surface area contributed by atoms with Crippen molar-refractivity contribution in [1.82, 2.24) is 14.1 Å². The van der Waals surface area contributed by atoms with E-state index < -0.39 is 10.0 Å². The van der Waals surface area contributed by atoms with E-state index in [1.165, 1.54) is 9.71 Å². The molecule has 0 aliphatic carbocycles. The van der Waals surface area contributed by atoms with Crippen LogP contribution in [0.25, 0.3) is 6.08 Å². The monoisotopic (exact) mass is 333 g/mol. The number of benzene rings is 1. The normalized spacial score (nSPS) is 16.4. The Morgan fingerprint density at radius 3 is 2.74 bits per heavy atom. The fraction of sp³-hybridized carbons (Fsp3) is 0.312. The van der Waals surface area contributed by atoms with Crippen molar-refractivity contribution in [3.05, 3.63) is 58.8 Å². The number of hydrogen-bond donors (Lipinski definition) is 1. The molecule has 0 bridgehead atoms. The molecule has 0 atom stereocenters. The van der Waals surface area contributed by atoms with Crippen LogP contribution in [0.1, 0.15) is 23.4 Å². The molecule has 1 aliphatic heterocycles. The van der Waals surface area contributed by atoms with E-state index in [9.17, 15) is 13.5 Å². The van der Waals surface area contributed by atoms with Crippen LogP contribution in [0, 0.1) is 0 Å². The van der Waals surface area contributed by atoms with Gasteiger partial charge in [-0.25, -0.2) is 8.42 Å². The number of sulfonamides is 1. The van der Waals surface area contributed by atoms with Crippen LogP contribution in [0.4, 0.5) is 0 Å². The Hall–Kier alpha value is -1.96. The average molecular weight is 333 g/mol. The average Bonchev–Trinajstić information content (AvgIpc) is 2.84. The Labute approximate surface area is 135 Å². The smallest absolute Gasteiger partial charge is 0.236 e. The fourth-order valence-electron chi connectivity index (χ4n) is 2.60. The molecule has 2 heterocycles. The molecule has 1 N–H and O–H groups in total. The SMILES string of the molecule is O=S(=O)(/C=C/c1ccccc1)N1CCCn2nc(CO)cc2C1. The summed E-state index contributed by atoms with van der Waals surface area (Å²) in [5.74, 6) is 0. The van der Waals surface area contributed by atoms with Crippen LogP contribution in [0.2, 0.25) is 0 Å². The zero-order valence-electron chi connectivity index (χ0n) is 12.7. The molecule has 1 aliphatic rings. The second kappa shape index (κ2) is 6.66. The summed E-state index contributed by atoms with van der Waals surface area (Å²) in [6.45, 7) is 1.25. The lowest BCUT2D eigenvalue weighted by Crippen LogP contribution is -2.29. The summed E-state index contributed by atoms with van der Waals surface area (Å²) in [6, 6.07) is 11.1. The maximum atomic E-state index is 12.6. The van der Waals surface area contributed by atoms with Gasteiger partial charge in [-0.1, -0.05) is 30.3 Å². The Morgan fingerprint density at radius 2 is 2.00 bits per heavy atom. The molecule has 7 heteroatoms. The quantitative estimate of drug-likeness (QED) is 0.922. The third-order valence-corrected chi connectivity index (χ3v) is 5.30. The number of aromatic nitrogens is 2. The van der Waals surface area contributed by atoms with Crippen LogP contribution in [0.3, 0.4) is 0 Å². The molecule has 0 fully saturated rings. The fourth-order valence-corrected chi connectivity index (χ4v) is 3.80. The van der Waals surface area contributed by atoms with Gasteiger partial charge in [0.2, 0.25) is 10.0 Å². The number of nitrogens with zero attached hydrogens (tertiary/aromatic N) is 3. The van der Waals surface area contributed by atoms with Crippen LogP contribution >= 0.6 is 0 Å². The molecular weight excluding hydrogens is 314 g/mol. The molecule has 0 amide bonds. The number of aryl methyl sites for hydroxylation is 1. The number of rotatable bonds is 4. The molecule has 0 saturated carbocycles. The van der Waals surface area contributed by atoms with Gasteiger partial charge >= 0.3 is 0 Å². The van der Waals surface area contributed by atoms with E-state index in [0.717, 1.165) is 11.3 Å². The zero-order chi connectivity index (χ0) is 16.3. The number of aliphatic hydroxyl groups excluding tert-OH is 1. The van der Waals surface area contributed by atoms with Crippen LogP contribution in [-0.2, 0) is 29.7 Å². The maximum absolute atomic E-state index is 12.6. The summed E-state index contributed by atoms with van der Waals surface area (Å²) in [4.78, 5) is 0. The summed E-state index contributed by atoms with van der Waals surface area (Å²) in [5.41, 5.74) is 2.22. The van der Waals surface area contributed by atoms with Crippen molar-refractivity contribution in [2.75, 3.05) is 6.54 Å². The van der Waals surface area contributed by atoms with Gasteiger partial charge in [-0.2, -0.15) is 9.40 Å². The molecule has 2 aromatic rings. The molecule has 0 radical (unpaired) electrons. The first-order valence-corrected chi connectivity index (χ1v) is 8.98. The molecule has 0 saturated heterocycles. The summed E-state index contributed by atoms with van der Waals surface area (Å²) in [5, 5.41) is 14.7. The summed E-state index contributed by atoms with van der Waals surface area (Å²) in [6.07, 6.45) is 2.30. The molecule has 1 aromatic carbocycles. The molecule has 3 rings (SSSR count). The third kappa shape index (κ3) is 3.69. The third-order valence-electron chi connectivity index (χ3n) is 3.78. The van der Waals surface area contributed by atoms with Crippen molar-refractivity contribution in [3.63, 3.8) is 0 Å². The van der Waals surface area contributed by atoms with Gasteiger partial charge < -0.3 is 5.11 Å². The van der Waals surface area contributed by atoms with Crippen molar-refractivity contribution in [2.24, 2.45) is 0 Å². The number of fused-ring (bicyclic) bond motifs is 1. The van der Waals surface area contributed by atoms with Crippen LogP contribution < -0.4 is 0 Å². The molecule has 23 heavy (non-hydrogen) atoms. The zero-order valence-corrected chi connectivity index (χ0v) is 13.5.